The van der Waals surface area contributed by atoms with E-state index in [2.05, 4.69) is 35.9 Å². The van der Waals surface area contributed by atoms with Crippen molar-refractivity contribution in [2.24, 2.45) is 0 Å². The Morgan fingerprint density at radius 2 is 1.57 bits per heavy atom. The number of aromatic nitrogens is 5. The second-order valence-electron chi connectivity index (χ2n) is 8.14. The van der Waals surface area contributed by atoms with Crippen LogP contribution in [0.1, 0.15) is 11.4 Å². The van der Waals surface area contributed by atoms with Crippen molar-refractivity contribution >= 4 is 45.8 Å². The van der Waals surface area contributed by atoms with Gasteiger partial charge in [-0.1, -0.05) is 12.1 Å². The van der Waals surface area contributed by atoms with Crippen LogP contribution >= 0.6 is 0 Å². The maximum absolute atomic E-state index is 12.5. The quantitative estimate of drug-likeness (QED) is 0.312. The lowest BCUT2D eigenvalue weighted by Crippen LogP contribution is -2.18. The first kappa shape index (κ1) is 22.0. The molecule has 0 spiro atoms. The topological polar surface area (TPSA) is 110 Å². The molecule has 3 aromatic heterocycles. The first-order valence-corrected chi connectivity index (χ1v) is 11.1. The number of amides is 1. The van der Waals surface area contributed by atoms with Gasteiger partial charge >= 0.3 is 0 Å². The lowest BCUT2D eigenvalue weighted by atomic mass is 10.2. The number of pyridine rings is 1. The number of para-hydroxylation sites is 2. The van der Waals surface area contributed by atoms with Crippen LogP contribution in [-0.2, 0) is 11.3 Å². The van der Waals surface area contributed by atoms with Gasteiger partial charge in [-0.2, -0.15) is 0 Å². The summed E-state index contributed by atoms with van der Waals surface area (Å²) in [4.78, 5) is 30.1. The highest BCUT2D eigenvalue weighted by molar-refractivity contribution is 5.91. The first-order chi connectivity index (χ1) is 17.0. The van der Waals surface area contributed by atoms with Gasteiger partial charge in [0.1, 0.15) is 29.8 Å². The van der Waals surface area contributed by atoms with Gasteiger partial charge in [0.25, 0.3) is 0 Å². The Morgan fingerprint density at radius 3 is 2.37 bits per heavy atom. The van der Waals surface area contributed by atoms with E-state index in [9.17, 15) is 4.79 Å². The summed E-state index contributed by atoms with van der Waals surface area (Å²) in [6.07, 6.45) is 3.43. The number of imidazole rings is 1. The Kier molecular flexibility index (Phi) is 6.04. The van der Waals surface area contributed by atoms with Crippen molar-refractivity contribution in [2.45, 2.75) is 20.4 Å². The summed E-state index contributed by atoms with van der Waals surface area (Å²) in [6.45, 7) is 4.03. The van der Waals surface area contributed by atoms with Gasteiger partial charge in [0.2, 0.25) is 5.91 Å². The van der Waals surface area contributed by atoms with E-state index in [1.165, 1.54) is 0 Å². The van der Waals surface area contributed by atoms with E-state index in [0.29, 0.717) is 23.1 Å². The zero-order valence-corrected chi connectivity index (χ0v) is 19.4. The van der Waals surface area contributed by atoms with Gasteiger partial charge in [0.15, 0.2) is 0 Å². The standard InChI is InChI=1S/C26H24N8O/c1-17-11-12-27-23(13-17)33-25-14-24(29-18(2)30-25)31-19-7-9-20(10-8-19)32-26(35)15-34-16-28-21-5-3-4-6-22(21)34/h3-14,16H,15H2,1-2H3,(H,32,35)(H2,27,29,30,31,33). The Hall–Kier alpha value is -4.79. The molecule has 0 aliphatic carbocycles. The molecule has 0 fully saturated rings. The zero-order valence-electron chi connectivity index (χ0n) is 19.4. The molecule has 9 nitrogen and oxygen atoms in total. The van der Waals surface area contributed by atoms with Crippen molar-refractivity contribution in [3.05, 3.63) is 90.6 Å². The minimum absolute atomic E-state index is 0.124. The predicted molar refractivity (Wildman–Crippen MR) is 137 cm³/mol. The molecule has 2 aromatic carbocycles. The molecule has 1 amide bonds. The lowest BCUT2D eigenvalue weighted by molar-refractivity contribution is -0.116. The van der Waals surface area contributed by atoms with Crippen LogP contribution in [0.15, 0.2) is 79.3 Å². The van der Waals surface area contributed by atoms with Gasteiger partial charge in [-0.15, -0.1) is 0 Å². The Bertz CT molecular complexity index is 1490. The second-order valence-corrected chi connectivity index (χ2v) is 8.14. The number of hydrogen-bond acceptors (Lipinski definition) is 7. The molecule has 35 heavy (non-hydrogen) atoms. The number of nitrogens with one attached hydrogen (secondary N) is 3. The van der Waals surface area contributed by atoms with Crippen LogP contribution in [0, 0.1) is 13.8 Å². The fourth-order valence-electron chi connectivity index (χ4n) is 3.71. The number of carbonyl (C=O) groups excluding carboxylic acids is 1. The fraction of sp³-hybridized carbons (Fsp3) is 0.115. The molecule has 0 bridgehead atoms. The second kappa shape index (κ2) is 9.60. The van der Waals surface area contributed by atoms with E-state index in [1.54, 1.807) is 12.5 Å². The van der Waals surface area contributed by atoms with Crippen molar-refractivity contribution in [2.75, 3.05) is 16.0 Å². The summed E-state index contributed by atoms with van der Waals surface area (Å²) in [6, 6.07) is 20.9. The number of aryl methyl sites for hydroxylation is 2. The van der Waals surface area contributed by atoms with E-state index >= 15 is 0 Å². The maximum Gasteiger partial charge on any atom is 0.244 e. The first-order valence-electron chi connectivity index (χ1n) is 11.1. The summed E-state index contributed by atoms with van der Waals surface area (Å²) >= 11 is 0. The lowest BCUT2D eigenvalue weighted by Gasteiger charge is -2.11. The number of rotatable bonds is 7. The largest absolute Gasteiger partial charge is 0.340 e. The Balaban J connectivity index is 1.23. The molecule has 9 heteroatoms. The third-order valence-corrected chi connectivity index (χ3v) is 5.29. The number of carbonyl (C=O) groups is 1. The van der Waals surface area contributed by atoms with Gasteiger partial charge in [0.05, 0.1) is 17.4 Å². The van der Waals surface area contributed by atoms with Crippen LogP contribution in [-0.4, -0.2) is 30.4 Å². The molecule has 5 aromatic rings. The molecule has 0 unspecified atom stereocenters. The number of fused-ring (bicyclic) bond motifs is 1. The summed E-state index contributed by atoms with van der Waals surface area (Å²) in [5, 5.41) is 9.43. The number of benzene rings is 2. The van der Waals surface area contributed by atoms with Gasteiger partial charge in [-0.3, -0.25) is 4.79 Å². The third-order valence-electron chi connectivity index (χ3n) is 5.29. The number of anilines is 5. The average Bonchev–Trinajstić information content (AvgIpc) is 3.23. The molecule has 3 N–H and O–H groups in total. The molecule has 174 valence electrons. The van der Waals surface area contributed by atoms with Crippen LogP contribution in [0.3, 0.4) is 0 Å². The van der Waals surface area contributed by atoms with E-state index < -0.39 is 0 Å². The van der Waals surface area contributed by atoms with Crippen LogP contribution in [0.5, 0.6) is 0 Å². The summed E-state index contributed by atoms with van der Waals surface area (Å²) in [7, 11) is 0. The van der Waals surface area contributed by atoms with Crippen molar-refractivity contribution in [1.82, 2.24) is 24.5 Å². The number of hydrogen-bond donors (Lipinski definition) is 3. The van der Waals surface area contributed by atoms with Crippen molar-refractivity contribution < 1.29 is 4.79 Å². The van der Waals surface area contributed by atoms with E-state index in [0.717, 1.165) is 28.1 Å². The van der Waals surface area contributed by atoms with Gasteiger partial charge in [0, 0.05) is 23.6 Å². The average molecular weight is 465 g/mol. The predicted octanol–water partition coefficient (Wildman–Crippen LogP) is 4.96. The van der Waals surface area contributed by atoms with Crippen LogP contribution in [0.25, 0.3) is 11.0 Å². The summed E-state index contributed by atoms with van der Waals surface area (Å²) in [5.74, 6) is 2.52. The van der Waals surface area contributed by atoms with Gasteiger partial charge < -0.3 is 20.5 Å². The normalized spacial score (nSPS) is 10.8. The molecule has 0 aliphatic heterocycles. The van der Waals surface area contributed by atoms with E-state index in [4.69, 9.17) is 0 Å². The van der Waals surface area contributed by atoms with Crippen molar-refractivity contribution in [3.63, 3.8) is 0 Å². The van der Waals surface area contributed by atoms with E-state index in [-0.39, 0.29) is 12.5 Å². The molecule has 0 aliphatic rings. The van der Waals surface area contributed by atoms with Crippen LogP contribution in [0.2, 0.25) is 0 Å². The highest BCUT2D eigenvalue weighted by Gasteiger charge is 2.08. The Labute approximate surface area is 202 Å². The van der Waals surface area contributed by atoms with Crippen LogP contribution < -0.4 is 16.0 Å². The Morgan fingerprint density at radius 1 is 0.829 bits per heavy atom. The maximum atomic E-state index is 12.5. The molecule has 0 saturated heterocycles. The molecule has 0 saturated carbocycles. The minimum Gasteiger partial charge on any atom is -0.340 e. The van der Waals surface area contributed by atoms with Crippen LogP contribution in [0.4, 0.5) is 28.8 Å². The van der Waals surface area contributed by atoms with Crippen molar-refractivity contribution in [3.8, 4) is 0 Å². The van der Waals surface area contributed by atoms with Gasteiger partial charge in [-0.25, -0.2) is 19.9 Å². The number of nitrogens with zero attached hydrogens (tertiary/aromatic N) is 5. The minimum atomic E-state index is -0.124. The molecular formula is C26H24N8O. The van der Waals surface area contributed by atoms with Crippen molar-refractivity contribution in [1.29, 1.82) is 0 Å². The third kappa shape index (κ3) is 5.41. The van der Waals surface area contributed by atoms with E-state index in [1.807, 2.05) is 85.1 Å². The fourth-order valence-corrected chi connectivity index (χ4v) is 3.71. The monoisotopic (exact) mass is 464 g/mol. The highest BCUT2D eigenvalue weighted by atomic mass is 16.1. The van der Waals surface area contributed by atoms with Gasteiger partial charge in [-0.05, 0) is 67.9 Å². The summed E-state index contributed by atoms with van der Waals surface area (Å²) < 4.78 is 1.83. The SMILES string of the molecule is Cc1ccnc(Nc2cc(Nc3ccc(NC(=O)Cn4cnc5ccccc54)cc3)nc(C)n2)c1. The molecule has 0 atom stereocenters. The summed E-state index contributed by atoms with van der Waals surface area (Å²) in [5.41, 5.74) is 4.44. The molecular weight excluding hydrogens is 440 g/mol. The molecule has 5 rings (SSSR count). The zero-order chi connectivity index (χ0) is 24.2. The highest BCUT2D eigenvalue weighted by Crippen LogP contribution is 2.21. The molecule has 3 heterocycles. The molecule has 0 radical (unpaired) electrons. The smallest absolute Gasteiger partial charge is 0.244 e.